The largest absolute Gasteiger partial charge is 0.280 e. The molecule has 0 spiro atoms. The maximum Gasteiger partial charge on any atom is 0.260 e. The fraction of sp³-hybridized carbons (Fsp3) is 0.0588. The first-order valence-corrected chi connectivity index (χ1v) is 8.34. The van der Waals surface area contributed by atoms with Crippen LogP contribution >= 0.6 is 0 Å². The number of rotatable bonds is 3. The van der Waals surface area contributed by atoms with Gasteiger partial charge in [0.05, 0.1) is 11.5 Å². The van der Waals surface area contributed by atoms with Gasteiger partial charge in [-0.1, -0.05) is 18.2 Å². The van der Waals surface area contributed by atoms with Crippen LogP contribution in [0, 0.1) is 13.5 Å². The summed E-state index contributed by atoms with van der Waals surface area (Å²) in [5.74, 6) is 0. The highest BCUT2D eigenvalue weighted by atomic mass is 32.2. The van der Waals surface area contributed by atoms with Crippen molar-refractivity contribution in [1.29, 1.82) is 0 Å². The van der Waals surface area contributed by atoms with Crippen LogP contribution in [-0.4, -0.2) is 13.4 Å². The summed E-state index contributed by atoms with van der Waals surface area (Å²) in [6.45, 7) is 8.89. The quantitative estimate of drug-likeness (QED) is 0.744. The molecule has 0 amide bonds. The van der Waals surface area contributed by atoms with E-state index in [1.54, 1.807) is 30.5 Å². The van der Waals surface area contributed by atoms with E-state index in [-0.39, 0.29) is 10.6 Å². The summed E-state index contributed by atoms with van der Waals surface area (Å²) < 4.78 is 27.4. The number of aryl methyl sites for hydroxylation is 1. The summed E-state index contributed by atoms with van der Waals surface area (Å²) in [6.07, 6.45) is 1.69. The first-order chi connectivity index (χ1) is 11.0. The second kappa shape index (κ2) is 5.71. The molecule has 0 aliphatic heterocycles. The summed E-state index contributed by atoms with van der Waals surface area (Å²) >= 11 is 0. The van der Waals surface area contributed by atoms with E-state index in [1.165, 1.54) is 12.1 Å². The standard InChI is InChI=1S/C17H13N3O2S/c1-12-17-7-6-15(10-13(17)8-9-19-12)20-23(21,22)16-5-3-4-14(11-16)18-2/h3-11,20H,1H3. The summed E-state index contributed by atoms with van der Waals surface area (Å²) in [5.41, 5.74) is 1.64. The topological polar surface area (TPSA) is 63.4 Å². The van der Waals surface area contributed by atoms with Crippen molar-refractivity contribution in [3.63, 3.8) is 0 Å². The molecule has 0 saturated heterocycles. The van der Waals surface area contributed by atoms with E-state index in [4.69, 9.17) is 6.57 Å². The van der Waals surface area contributed by atoms with Gasteiger partial charge in [0.15, 0.2) is 5.69 Å². The van der Waals surface area contributed by atoms with Gasteiger partial charge in [0.1, 0.15) is 0 Å². The van der Waals surface area contributed by atoms with Gasteiger partial charge in [-0.05, 0) is 42.6 Å². The van der Waals surface area contributed by atoms with Crippen LogP contribution in [-0.2, 0) is 10.0 Å². The first-order valence-electron chi connectivity index (χ1n) is 6.85. The average Bonchev–Trinajstić information content (AvgIpc) is 2.54. The van der Waals surface area contributed by atoms with Gasteiger partial charge in [-0.25, -0.2) is 13.3 Å². The summed E-state index contributed by atoms with van der Waals surface area (Å²) in [4.78, 5) is 7.53. The van der Waals surface area contributed by atoms with Crippen LogP contribution < -0.4 is 4.72 Å². The van der Waals surface area contributed by atoms with Gasteiger partial charge in [-0.3, -0.25) is 9.71 Å². The van der Waals surface area contributed by atoms with Crippen molar-refractivity contribution >= 4 is 32.2 Å². The van der Waals surface area contributed by atoms with Gasteiger partial charge < -0.3 is 0 Å². The van der Waals surface area contributed by atoms with Crippen LogP contribution in [0.1, 0.15) is 5.69 Å². The Labute approximate surface area is 134 Å². The van der Waals surface area contributed by atoms with Crippen LogP contribution in [0.3, 0.4) is 0 Å². The van der Waals surface area contributed by atoms with E-state index < -0.39 is 10.0 Å². The van der Waals surface area contributed by atoms with Crippen molar-refractivity contribution in [2.75, 3.05) is 4.72 Å². The number of pyridine rings is 1. The molecule has 0 atom stereocenters. The third-order valence-electron chi connectivity index (χ3n) is 3.47. The number of nitrogens with one attached hydrogen (secondary N) is 1. The second-order valence-electron chi connectivity index (χ2n) is 5.05. The molecule has 3 aromatic rings. The van der Waals surface area contributed by atoms with Gasteiger partial charge in [0.2, 0.25) is 0 Å². The molecule has 6 heteroatoms. The minimum absolute atomic E-state index is 0.0667. The lowest BCUT2D eigenvalue weighted by molar-refractivity contribution is 0.601. The van der Waals surface area contributed by atoms with Crippen molar-refractivity contribution < 1.29 is 8.42 Å². The van der Waals surface area contributed by atoms with Crippen molar-refractivity contribution in [2.45, 2.75) is 11.8 Å². The lowest BCUT2D eigenvalue weighted by atomic mass is 10.1. The van der Waals surface area contributed by atoms with Gasteiger partial charge in [0.25, 0.3) is 10.0 Å². The van der Waals surface area contributed by atoms with E-state index in [2.05, 4.69) is 14.6 Å². The minimum Gasteiger partial charge on any atom is -0.280 e. The van der Waals surface area contributed by atoms with Crippen molar-refractivity contribution in [3.8, 4) is 0 Å². The molecule has 0 bridgehead atoms. The molecule has 2 aromatic carbocycles. The predicted molar refractivity (Wildman–Crippen MR) is 90.0 cm³/mol. The summed E-state index contributed by atoms with van der Waals surface area (Å²) in [6, 6.07) is 13.1. The molecule has 5 nitrogen and oxygen atoms in total. The number of aromatic nitrogens is 1. The molecule has 0 aliphatic rings. The Hall–Kier alpha value is -2.91. The molecule has 1 aromatic heterocycles. The van der Waals surface area contributed by atoms with Crippen molar-refractivity contribution in [1.82, 2.24) is 4.98 Å². The highest BCUT2D eigenvalue weighted by molar-refractivity contribution is 7.92. The van der Waals surface area contributed by atoms with Crippen LogP contribution in [0.4, 0.5) is 11.4 Å². The molecule has 1 N–H and O–H groups in total. The number of benzene rings is 2. The zero-order chi connectivity index (χ0) is 16.4. The third-order valence-corrected chi connectivity index (χ3v) is 4.85. The molecule has 1 heterocycles. The fourth-order valence-electron chi connectivity index (χ4n) is 2.33. The first kappa shape index (κ1) is 15.0. The van der Waals surface area contributed by atoms with E-state index in [0.717, 1.165) is 16.5 Å². The Kier molecular flexibility index (Phi) is 3.72. The van der Waals surface area contributed by atoms with Crippen molar-refractivity contribution in [3.05, 3.63) is 71.8 Å². The van der Waals surface area contributed by atoms with E-state index in [1.807, 2.05) is 19.1 Å². The Morgan fingerprint density at radius 3 is 2.74 bits per heavy atom. The molecule has 23 heavy (non-hydrogen) atoms. The van der Waals surface area contributed by atoms with Gasteiger partial charge in [0, 0.05) is 23.0 Å². The summed E-state index contributed by atoms with van der Waals surface area (Å²) in [5, 5.41) is 1.89. The zero-order valence-electron chi connectivity index (χ0n) is 12.3. The molecule has 0 aliphatic carbocycles. The molecular weight excluding hydrogens is 310 g/mol. The maximum absolute atomic E-state index is 12.4. The highest BCUT2D eigenvalue weighted by Crippen LogP contribution is 2.24. The Bertz CT molecular complexity index is 1040. The number of sulfonamides is 1. The van der Waals surface area contributed by atoms with E-state index in [0.29, 0.717) is 5.69 Å². The van der Waals surface area contributed by atoms with Crippen LogP contribution in [0.2, 0.25) is 0 Å². The van der Waals surface area contributed by atoms with Crippen LogP contribution in [0.15, 0.2) is 59.6 Å². The Balaban J connectivity index is 1.99. The normalized spacial score (nSPS) is 11.1. The third kappa shape index (κ3) is 3.00. The van der Waals surface area contributed by atoms with E-state index >= 15 is 0 Å². The lowest BCUT2D eigenvalue weighted by Gasteiger charge is -2.10. The molecular formula is C17H13N3O2S. The van der Waals surface area contributed by atoms with Gasteiger partial charge in [-0.2, -0.15) is 0 Å². The maximum atomic E-state index is 12.4. The average molecular weight is 323 g/mol. The van der Waals surface area contributed by atoms with Crippen molar-refractivity contribution in [2.24, 2.45) is 0 Å². The van der Waals surface area contributed by atoms with Crippen LogP contribution in [0.25, 0.3) is 15.6 Å². The monoisotopic (exact) mass is 323 g/mol. The highest BCUT2D eigenvalue weighted by Gasteiger charge is 2.14. The molecule has 3 rings (SSSR count). The zero-order valence-corrected chi connectivity index (χ0v) is 13.1. The predicted octanol–water partition coefficient (Wildman–Crippen LogP) is 3.89. The molecule has 0 saturated carbocycles. The number of anilines is 1. The molecule has 0 unspecified atom stereocenters. The number of fused-ring (bicyclic) bond motifs is 1. The van der Waals surface area contributed by atoms with E-state index in [9.17, 15) is 8.42 Å². The Morgan fingerprint density at radius 1 is 1.13 bits per heavy atom. The lowest BCUT2D eigenvalue weighted by Crippen LogP contribution is -2.12. The Morgan fingerprint density at radius 2 is 1.96 bits per heavy atom. The molecule has 114 valence electrons. The smallest absolute Gasteiger partial charge is 0.260 e. The SMILES string of the molecule is [C-]#[N+]c1cccc(S(=O)(=O)Nc2ccc3c(C)nccc3c2)c1. The molecule has 0 radical (unpaired) electrons. The molecule has 0 fully saturated rings. The van der Waals surface area contributed by atoms with Gasteiger partial charge >= 0.3 is 0 Å². The number of hydrogen-bond acceptors (Lipinski definition) is 3. The number of nitrogens with zero attached hydrogens (tertiary/aromatic N) is 2. The summed E-state index contributed by atoms with van der Waals surface area (Å²) in [7, 11) is -3.73. The number of hydrogen-bond donors (Lipinski definition) is 1. The second-order valence-corrected chi connectivity index (χ2v) is 6.73. The van der Waals surface area contributed by atoms with Crippen LogP contribution in [0.5, 0.6) is 0 Å². The fourth-order valence-corrected chi connectivity index (χ4v) is 3.42. The minimum atomic E-state index is -3.73. The van der Waals surface area contributed by atoms with Gasteiger partial charge in [-0.15, -0.1) is 0 Å².